The highest BCUT2D eigenvalue weighted by molar-refractivity contribution is 6.33. The highest BCUT2D eigenvalue weighted by Gasteiger charge is 2.24. The van der Waals surface area contributed by atoms with Crippen molar-refractivity contribution < 1.29 is 4.79 Å². The second-order valence-corrected chi connectivity index (χ2v) is 8.06. The topological polar surface area (TPSA) is 56.0 Å². The summed E-state index contributed by atoms with van der Waals surface area (Å²) in [6, 6.07) is 17.3. The number of carbonyl (C=O) groups is 1. The van der Waals surface area contributed by atoms with Gasteiger partial charge in [0.1, 0.15) is 5.15 Å². The molecular formula is C23H21Cl2N5O. The van der Waals surface area contributed by atoms with Crippen LogP contribution < -0.4 is 0 Å². The average Bonchev–Trinajstić information content (AvgIpc) is 3.34. The molecule has 0 bridgehead atoms. The van der Waals surface area contributed by atoms with E-state index in [2.05, 4.69) is 10.2 Å². The molecule has 2 aromatic carbocycles. The Labute approximate surface area is 190 Å². The van der Waals surface area contributed by atoms with Gasteiger partial charge in [-0.05, 0) is 30.7 Å². The molecule has 158 valence electrons. The highest BCUT2D eigenvalue weighted by atomic mass is 35.5. The van der Waals surface area contributed by atoms with Crippen molar-refractivity contribution in [3.8, 4) is 5.69 Å². The lowest BCUT2D eigenvalue weighted by Gasteiger charge is -2.16. The predicted octanol–water partition coefficient (Wildman–Crippen LogP) is 5.00. The van der Waals surface area contributed by atoms with Gasteiger partial charge < -0.3 is 4.90 Å². The van der Waals surface area contributed by atoms with Crippen LogP contribution in [0.3, 0.4) is 0 Å². The van der Waals surface area contributed by atoms with Crippen LogP contribution in [-0.4, -0.2) is 37.4 Å². The number of hydrogen-bond donors (Lipinski definition) is 0. The molecule has 4 rings (SSSR count). The summed E-state index contributed by atoms with van der Waals surface area (Å²) in [4.78, 5) is 14.7. The van der Waals surface area contributed by atoms with Crippen LogP contribution in [0.5, 0.6) is 0 Å². The summed E-state index contributed by atoms with van der Waals surface area (Å²) in [5, 5.41) is 9.78. The van der Waals surface area contributed by atoms with Gasteiger partial charge in [0.05, 0.1) is 29.7 Å². The monoisotopic (exact) mass is 453 g/mol. The number of nitrogens with zero attached hydrogens (tertiary/aromatic N) is 5. The van der Waals surface area contributed by atoms with Crippen LogP contribution in [0.25, 0.3) is 5.69 Å². The van der Waals surface area contributed by atoms with E-state index in [4.69, 9.17) is 23.2 Å². The van der Waals surface area contributed by atoms with Gasteiger partial charge in [0, 0.05) is 30.4 Å². The average molecular weight is 454 g/mol. The molecule has 0 aliphatic heterocycles. The van der Waals surface area contributed by atoms with Crippen molar-refractivity contribution >= 4 is 29.1 Å². The van der Waals surface area contributed by atoms with E-state index in [-0.39, 0.29) is 5.91 Å². The largest absolute Gasteiger partial charge is 0.337 e. The van der Waals surface area contributed by atoms with Gasteiger partial charge in [0.25, 0.3) is 5.91 Å². The molecule has 6 nitrogen and oxygen atoms in total. The van der Waals surface area contributed by atoms with Gasteiger partial charge in [0.15, 0.2) is 0 Å². The van der Waals surface area contributed by atoms with Crippen LogP contribution in [0, 0.1) is 6.92 Å². The van der Waals surface area contributed by atoms with Crippen LogP contribution in [0.2, 0.25) is 10.2 Å². The minimum absolute atomic E-state index is 0.194. The number of hydrogen-bond acceptors (Lipinski definition) is 3. The first-order valence-electron chi connectivity index (χ1n) is 9.75. The zero-order valence-corrected chi connectivity index (χ0v) is 18.7. The maximum atomic E-state index is 13.1. The zero-order valence-electron chi connectivity index (χ0n) is 17.2. The minimum Gasteiger partial charge on any atom is -0.337 e. The fraction of sp³-hybridized carbons (Fsp3) is 0.174. The molecule has 0 atom stereocenters. The Hall–Kier alpha value is -3.09. The molecular weight excluding hydrogens is 433 g/mol. The summed E-state index contributed by atoms with van der Waals surface area (Å²) < 4.78 is 3.39. The zero-order chi connectivity index (χ0) is 22.0. The quantitative estimate of drug-likeness (QED) is 0.412. The third-order valence-electron chi connectivity index (χ3n) is 4.98. The van der Waals surface area contributed by atoms with Crippen LogP contribution in [0.1, 0.15) is 27.2 Å². The van der Waals surface area contributed by atoms with E-state index >= 15 is 0 Å². The van der Waals surface area contributed by atoms with E-state index < -0.39 is 0 Å². The Morgan fingerprint density at radius 2 is 1.77 bits per heavy atom. The van der Waals surface area contributed by atoms with Gasteiger partial charge in [-0.15, -0.1) is 0 Å². The molecule has 0 saturated heterocycles. The Morgan fingerprint density at radius 1 is 1.06 bits per heavy atom. The standard InChI is InChI=1S/C23H21Cl2N5O/c1-16-21(22(25)30(27-16)15-18-8-6-7-11-20(18)24)23(31)28(2)13-17-12-26-29(14-17)19-9-4-3-5-10-19/h3-12,14H,13,15H2,1-2H3. The van der Waals surface area contributed by atoms with Crippen LogP contribution in [-0.2, 0) is 13.1 Å². The maximum absolute atomic E-state index is 13.1. The van der Waals surface area contributed by atoms with Gasteiger partial charge in [-0.2, -0.15) is 10.2 Å². The number of aromatic nitrogens is 4. The fourth-order valence-corrected chi connectivity index (χ4v) is 3.90. The van der Waals surface area contributed by atoms with Crippen molar-refractivity contribution in [2.24, 2.45) is 0 Å². The molecule has 8 heteroatoms. The van der Waals surface area contributed by atoms with Crippen molar-refractivity contribution in [3.05, 3.63) is 99.6 Å². The van der Waals surface area contributed by atoms with Crippen molar-refractivity contribution in [2.75, 3.05) is 7.05 Å². The van der Waals surface area contributed by atoms with Gasteiger partial charge in [-0.25, -0.2) is 9.36 Å². The van der Waals surface area contributed by atoms with E-state index in [0.29, 0.717) is 34.5 Å². The first-order chi connectivity index (χ1) is 14.9. The fourth-order valence-electron chi connectivity index (χ4n) is 3.39. The number of benzene rings is 2. The lowest BCUT2D eigenvalue weighted by atomic mass is 10.2. The van der Waals surface area contributed by atoms with Gasteiger partial charge >= 0.3 is 0 Å². The van der Waals surface area contributed by atoms with E-state index in [9.17, 15) is 4.79 Å². The molecule has 31 heavy (non-hydrogen) atoms. The SMILES string of the molecule is Cc1nn(Cc2ccccc2Cl)c(Cl)c1C(=O)N(C)Cc1cnn(-c2ccccc2)c1. The number of halogens is 2. The Morgan fingerprint density at radius 3 is 2.52 bits per heavy atom. The second kappa shape index (κ2) is 8.96. The third kappa shape index (κ3) is 4.50. The number of amides is 1. The van der Waals surface area contributed by atoms with Gasteiger partial charge in [-0.3, -0.25) is 4.79 Å². The molecule has 0 radical (unpaired) electrons. The van der Waals surface area contributed by atoms with Crippen molar-refractivity contribution in [2.45, 2.75) is 20.0 Å². The second-order valence-electron chi connectivity index (χ2n) is 7.29. The summed E-state index contributed by atoms with van der Waals surface area (Å²) in [6.07, 6.45) is 3.67. The maximum Gasteiger partial charge on any atom is 0.258 e. The summed E-state index contributed by atoms with van der Waals surface area (Å²) in [5.74, 6) is -0.194. The molecule has 2 heterocycles. The number of carbonyl (C=O) groups excluding carboxylic acids is 1. The predicted molar refractivity (Wildman–Crippen MR) is 122 cm³/mol. The number of aryl methyl sites for hydroxylation is 1. The van der Waals surface area contributed by atoms with E-state index in [1.807, 2.05) is 60.8 Å². The van der Waals surface area contributed by atoms with E-state index in [0.717, 1.165) is 16.8 Å². The lowest BCUT2D eigenvalue weighted by Crippen LogP contribution is -2.26. The number of para-hydroxylation sites is 1. The van der Waals surface area contributed by atoms with E-state index in [1.54, 1.807) is 34.4 Å². The molecule has 0 fully saturated rings. The van der Waals surface area contributed by atoms with E-state index in [1.165, 1.54) is 0 Å². The number of rotatable bonds is 6. The van der Waals surface area contributed by atoms with Gasteiger partial charge in [0.2, 0.25) is 0 Å². The first kappa shape index (κ1) is 21.2. The molecule has 2 aromatic heterocycles. The summed E-state index contributed by atoms with van der Waals surface area (Å²) in [6.45, 7) is 2.57. The Kier molecular flexibility index (Phi) is 6.11. The van der Waals surface area contributed by atoms with Crippen LogP contribution >= 0.6 is 23.2 Å². The summed E-state index contributed by atoms with van der Waals surface area (Å²) >= 11 is 12.8. The van der Waals surface area contributed by atoms with Crippen molar-refractivity contribution in [3.63, 3.8) is 0 Å². The molecule has 0 saturated carbocycles. The van der Waals surface area contributed by atoms with Crippen LogP contribution in [0.4, 0.5) is 0 Å². The smallest absolute Gasteiger partial charge is 0.258 e. The Balaban J connectivity index is 1.51. The molecule has 0 N–H and O–H groups in total. The van der Waals surface area contributed by atoms with Crippen LogP contribution in [0.15, 0.2) is 67.0 Å². The van der Waals surface area contributed by atoms with Crippen molar-refractivity contribution in [1.82, 2.24) is 24.5 Å². The molecule has 1 amide bonds. The highest BCUT2D eigenvalue weighted by Crippen LogP contribution is 2.25. The first-order valence-corrected chi connectivity index (χ1v) is 10.5. The summed E-state index contributed by atoms with van der Waals surface area (Å²) in [7, 11) is 1.74. The summed E-state index contributed by atoms with van der Waals surface area (Å²) in [5.41, 5.74) is 3.73. The Bertz CT molecular complexity index is 1220. The lowest BCUT2D eigenvalue weighted by molar-refractivity contribution is 0.0784. The molecule has 0 unspecified atom stereocenters. The van der Waals surface area contributed by atoms with Crippen molar-refractivity contribution in [1.29, 1.82) is 0 Å². The minimum atomic E-state index is -0.194. The molecule has 0 aliphatic carbocycles. The van der Waals surface area contributed by atoms with Gasteiger partial charge in [-0.1, -0.05) is 59.6 Å². The molecule has 4 aromatic rings. The third-order valence-corrected chi connectivity index (χ3v) is 5.73. The normalized spacial score (nSPS) is 11.0. The molecule has 0 aliphatic rings. The molecule has 0 spiro atoms.